The largest absolute Gasteiger partial charge is 0.368 e. The molecule has 0 spiro atoms. The lowest BCUT2D eigenvalue weighted by Gasteiger charge is -2.21. The van der Waals surface area contributed by atoms with Crippen molar-refractivity contribution in [1.82, 2.24) is 5.32 Å². The van der Waals surface area contributed by atoms with Crippen LogP contribution in [0, 0.1) is 17.6 Å². The van der Waals surface area contributed by atoms with Gasteiger partial charge in [-0.3, -0.25) is 4.79 Å². The van der Waals surface area contributed by atoms with Crippen molar-refractivity contribution in [3.05, 3.63) is 130 Å². The van der Waals surface area contributed by atoms with Crippen molar-refractivity contribution in [3.63, 3.8) is 0 Å². The minimum atomic E-state index is -0.392. The molecule has 0 radical (unpaired) electrons. The first kappa shape index (κ1) is 22.7. The van der Waals surface area contributed by atoms with Crippen LogP contribution in [-0.4, -0.2) is 5.78 Å². The van der Waals surface area contributed by atoms with Gasteiger partial charge in [-0.15, -0.1) is 0 Å². The molecule has 2 aliphatic carbocycles. The Morgan fingerprint density at radius 3 is 2.37 bits per heavy atom. The van der Waals surface area contributed by atoms with Gasteiger partial charge < -0.3 is 5.32 Å². The van der Waals surface area contributed by atoms with Crippen LogP contribution in [0.4, 0.5) is 8.78 Å². The quantitative estimate of drug-likeness (QED) is 0.516. The number of benzene rings is 3. The van der Waals surface area contributed by atoms with Gasteiger partial charge in [-0.25, -0.2) is 8.78 Å². The van der Waals surface area contributed by atoms with E-state index < -0.39 is 5.82 Å². The third-order valence-electron chi connectivity index (χ3n) is 6.52. The molecular weight excluding hydrogens is 440 g/mol. The van der Waals surface area contributed by atoms with Crippen LogP contribution in [0.25, 0.3) is 23.3 Å². The molecule has 3 aliphatic rings. The fourth-order valence-corrected chi connectivity index (χ4v) is 4.82. The first-order valence-electron chi connectivity index (χ1n) is 11.8. The number of carbonyl (C=O) groups excluding carboxylic acids is 1. The predicted molar refractivity (Wildman–Crippen MR) is 137 cm³/mol. The van der Waals surface area contributed by atoms with E-state index in [2.05, 4.69) is 23.5 Å². The number of rotatable bonds is 2. The minimum absolute atomic E-state index is 0.0407. The van der Waals surface area contributed by atoms with Gasteiger partial charge >= 0.3 is 0 Å². The molecule has 1 heterocycles. The number of aryl methyl sites for hydroxylation is 1. The van der Waals surface area contributed by atoms with Crippen LogP contribution in [0.3, 0.4) is 0 Å². The molecule has 0 bridgehead atoms. The fraction of sp³-hybridized carbons (Fsp3) is 0.129. The molecule has 174 valence electrons. The third kappa shape index (κ3) is 4.92. The highest BCUT2D eigenvalue weighted by atomic mass is 19.1. The zero-order valence-corrected chi connectivity index (χ0v) is 19.2. The maximum Gasteiger partial charge on any atom is 0.169 e. The molecule has 3 aromatic rings. The van der Waals surface area contributed by atoms with E-state index in [4.69, 9.17) is 0 Å². The SMILES string of the molecule is C1=CC=CNC=C1.O=C(c1cccc(F)c1)C1C=c2c(ccc3c2=CCc2cc(F)ccc2-3)CC1. The molecule has 2 nitrogen and oxygen atoms in total. The van der Waals surface area contributed by atoms with Gasteiger partial charge in [0.1, 0.15) is 11.6 Å². The van der Waals surface area contributed by atoms with Gasteiger partial charge in [0.15, 0.2) is 5.78 Å². The molecule has 0 aromatic heterocycles. The Balaban J connectivity index is 0.000000313. The van der Waals surface area contributed by atoms with Crippen molar-refractivity contribution in [2.24, 2.45) is 5.92 Å². The highest BCUT2D eigenvalue weighted by Crippen LogP contribution is 2.27. The number of ketones is 1. The van der Waals surface area contributed by atoms with Gasteiger partial charge in [0.25, 0.3) is 0 Å². The maximum atomic E-state index is 13.6. The van der Waals surface area contributed by atoms with Gasteiger partial charge in [0, 0.05) is 23.9 Å². The molecule has 0 amide bonds. The van der Waals surface area contributed by atoms with Gasteiger partial charge in [-0.1, -0.05) is 54.6 Å². The Kier molecular flexibility index (Phi) is 6.53. The van der Waals surface area contributed by atoms with Crippen LogP contribution >= 0.6 is 0 Å². The van der Waals surface area contributed by atoms with E-state index in [0.29, 0.717) is 12.0 Å². The molecule has 0 saturated heterocycles. The first-order valence-corrected chi connectivity index (χ1v) is 11.8. The van der Waals surface area contributed by atoms with E-state index in [0.717, 1.165) is 40.0 Å². The van der Waals surface area contributed by atoms with Gasteiger partial charge in [-0.2, -0.15) is 0 Å². The standard InChI is InChI=1S/C25H18F2O.C6H7N/c26-19-3-1-2-17(13-19)25(28)18-5-4-15-6-9-22-21-11-8-20(27)12-16(21)7-10-23(22)24(15)14-18;1-2-4-6-7-5-3-1/h1-3,6,8-14,18H,4-5,7H2;1-7H. The monoisotopic (exact) mass is 465 g/mol. The van der Waals surface area contributed by atoms with Gasteiger partial charge in [-0.05, 0) is 88.4 Å². The third-order valence-corrected chi connectivity index (χ3v) is 6.52. The van der Waals surface area contributed by atoms with Crippen LogP contribution in [0.2, 0.25) is 0 Å². The smallest absolute Gasteiger partial charge is 0.169 e. The average Bonchev–Trinajstić information content (AvgIpc) is 3.21. The van der Waals surface area contributed by atoms with Gasteiger partial charge in [0.2, 0.25) is 0 Å². The Bertz CT molecular complexity index is 1480. The Hall–Kier alpha value is -4.05. The molecule has 1 unspecified atom stereocenters. The molecule has 1 atom stereocenters. The van der Waals surface area contributed by atoms with E-state index in [9.17, 15) is 13.6 Å². The number of carbonyl (C=O) groups is 1. The van der Waals surface area contributed by atoms with Crippen LogP contribution < -0.4 is 15.8 Å². The van der Waals surface area contributed by atoms with Crippen molar-refractivity contribution in [3.8, 4) is 11.1 Å². The topological polar surface area (TPSA) is 29.1 Å². The zero-order chi connectivity index (χ0) is 24.2. The zero-order valence-electron chi connectivity index (χ0n) is 19.2. The number of fused-ring (bicyclic) bond motifs is 5. The summed E-state index contributed by atoms with van der Waals surface area (Å²) in [5, 5.41) is 5.13. The molecule has 1 N–H and O–H groups in total. The molecular formula is C31H25F2NO. The lowest BCUT2D eigenvalue weighted by molar-refractivity contribution is 0.0946. The van der Waals surface area contributed by atoms with Crippen molar-refractivity contribution in [1.29, 1.82) is 0 Å². The Morgan fingerprint density at radius 2 is 1.57 bits per heavy atom. The molecule has 3 aromatic carbocycles. The summed E-state index contributed by atoms with van der Waals surface area (Å²) in [5.74, 6) is -0.915. The Morgan fingerprint density at radius 1 is 0.800 bits per heavy atom. The second-order valence-corrected chi connectivity index (χ2v) is 8.77. The van der Waals surface area contributed by atoms with E-state index in [1.807, 2.05) is 48.8 Å². The number of Topliss-reactive ketones (excluding diaryl/α,β-unsaturated/α-hetero) is 1. The Labute approximate surface area is 203 Å². The maximum absolute atomic E-state index is 13.6. The van der Waals surface area contributed by atoms with E-state index in [1.54, 1.807) is 18.2 Å². The summed E-state index contributed by atoms with van der Waals surface area (Å²) in [6, 6.07) is 15.0. The summed E-state index contributed by atoms with van der Waals surface area (Å²) in [7, 11) is 0. The summed E-state index contributed by atoms with van der Waals surface area (Å²) in [6.45, 7) is 0. The number of halogens is 2. The lowest BCUT2D eigenvalue weighted by Crippen LogP contribution is -2.37. The van der Waals surface area contributed by atoms with Crippen LogP contribution in [-0.2, 0) is 12.8 Å². The summed E-state index contributed by atoms with van der Waals surface area (Å²) in [4.78, 5) is 12.9. The second kappa shape index (κ2) is 10.1. The molecule has 1 aliphatic heterocycles. The van der Waals surface area contributed by atoms with Crippen LogP contribution in [0.5, 0.6) is 0 Å². The highest BCUT2D eigenvalue weighted by molar-refractivity contribution is 6.01. The van der Waals surface area contributed by atoms with Crippen molar-refractivity contribution >= 4 is 17.9 Å². The van der Waals surface area contributed by atoms with E-state index in [1.165, 1.54) is 23.8 Å². The van der Waals surface area contributed by atoms with Crippen molar-refractivity contribution in [2.45, 2.75) is 19.3 Å². The van der Waals surface area contributed by atoms with Crippen LogP contribution in [0.1, 0.15) is 27.9 Å². The summed E-state index contributed by atoms with van der Waals surface area (Å²) in [5.41, 5.74) is 4.75. The summed E-state index contributed by atoms with van der Waals surface area (Å²) < 4.78 is 27.1. The average molecular weight is 466 g/mol. The predicted octanol–water partition coefficient (Wildman–Crippen LogP) is 5.37. The number of allylic oxidation sites excluding steroid dienone is 4. The van der Waals surface area contributed by atoms with E-state index in [-0.39, 0.29) is 17.5 Å². The molecule has 4 heteroatoms. The molecule has 0 fully saturated rings. The molecule has 6 rings (SSSR count). The number of hydrogen-bond donors (Lipinski definition) is 1. The van der Waals surface area contributed by atoms with Crippen molar-refractivity contribution in [2.75, 3.05) is 0 Å². The van der Waals surface area contributed by atoms with E-state index >= 15 is 0 Å². The first-order chi connectivity index (χ1) is 17.1. The minimum Gasteiger partial charge on any atom is -0.368 e. The summed E-state index contributed by atoms with van der Waals surface area (Å²) in [6.07, 6.45) is 18.0. The second-order valence-electron chi connectivity index (χ2n) is 8.77. The van der Waals surface area contributed by atoms with Crippen LogP contribution in [0.15, 0.2) is 91.3 Å². The molecule has 0 saturated carbocycles. The summed E-state index contributed by atoms with van der Waals surface area (Å²) >= 11 is 0. The molecule has 35 heavy (non-hydrogen) atoms. The normalized spacial score (nSPS) is 16.7. The lowest BCUT2D eigenvalue weighted by atomic mass is 9.82. The van der Waals surface area contributed by atoms with Crippen molar-refractivity contribution < 1.29 is 13.6 Å². The fourth-order valence-electron chi connectivity index (χ4n) is 4.82. The number of nitrogens with one attached hydrogen (secondary N) is 1. The number of hydrogen-bond acceptors (Lipinski definition) is 2. The van der Waals surface area contributed by atoms with Gasteiger partial charge in [0.05, 0.1) is 0 Å². The highest BCUT2D eigenvalue weighted by Gasteiger charge is 2.23.